The number of nitrogens with zero attached hydrogens (tertiary/aromatic N) is 2. The number of hydrogen-bond acceptors (Lipinski definition) is 5. The van der Waals surface area contributed by atoms with Crippen molar-refractivity contribution in [3.8, 4) is 6.07 Å². The van der Waals surface area contributed by atoms with E-state index in [0.717, 1.165) is 44.2 Å². The van der Waals surface area contributed by atoms with Gasteiger partial charge in [0.25, 0.3) is 0 Å². The molecule has 0 heterocycles. The molecule has 2 saturated carbocycles. The molecule has 0 saturated heterocycles. The third-order valence-corrected chi connectivity index (χ3v) is 5.58. The first-order valence-electron chi connectivity index (χ1n) is 6.99. The zero-order valence-corrected chi connectivity index (χ0v) is 11.9. The molecular weight excluding hydrogens is 264 g/mol. The van der Waals surface area contributed by atoms with Gasteiger partial charge >= 0.3 is 10.1 Å². The molecular formula is C13H20N2O3S. The largest absolute Gasteiger partial charge is 0.331 e. The van der Waals surface area contributed by atoms with Gasteiger partial charge in [0, 0.05) is 12.3 Å². The van der Waals surface area contributed by atoms with Crippen molar-refractivity contribution >= 4 is 15.8 Å². The molecule has 2 fully saturated rings. The summed E-state index contributed by atoms with van der Waals surface area (Å²) in [5, 5.41) is 12.2. The summed E-state index contributed by atoms with van der Waals surface area (Å²) in [6.45, 7) is 0. The highest BCUT2D eigenvalue weighted by atomic mass is 32.2. The fourth-order valence-corrected chi connectivity index (χ4v) is 4.10. The number of oxime groups is 1. The zero-order valence-electron chi connectivity index (χ0n) is 11.0. The second-order valence-corrected chi connectivity index (χ2v) is 7.16. The van der Waals surface area contributed by atoms with Gasteiger partial charge in [0.15, 0.2) is 0 Å². The predicted octanol–water partition coefficient (Wildman–Crippen LogP) is 2.74. The molecule has 0 aliphatic heterocycles. The number of nitriles is 1. The van der Waals surface area contributed by atoms with E-state index in [1.807, 2.05) is 0 Å². The fourth-order valence-electron chi connectivity index (χ4n) is 2.87. The lowest BCUT2D eigenvalue weighted by molar-refractivity contribution is 0.318. The average molecular weight is 284 g/mol. The van der Waals surface area contributed by atoms with Gasteiger partial charge in [0.05, 0.1) is 17.0 Å². The van der Waals surface area contributed by atoms with Crippen molar-refractivity contribution in [3.63, 3.8) is 0 Å². The first-order valence-corrected chi connectivity index (χ1v) is 8.47. The second kappa shape index (κ2) is 6.38. The summed E-state index contributed by atoms with van der Waals surface area (Å²) in [5.74, 6) is 0.0755. The SMILES string of the molecule is N#CCC1CCC/C1=N/OS(=O)(=O)C1CCCCC1. The van der Waals surface area contributed by atoms with E-state index in [2.05, 4.69) is 11.2 Å². The molecule has 0 spiro atoms. The average Bonchev–Trinajstić information content (AvgIpc) is 2.86. The van der Waals surface area contributed by atoms with Crippen LogP contribution in [0.5, 0.6) is 0 Å². The molecule has 1 unspecified atom stereocenters. The fraction of sp³-hybridized carbons (Fsp3) is 0.846. The lowest BCUT2D eigenvalue weighted by Crippen LogP contribution is -2.25. The van der Waals surface area contributed by atoms with Crippen molar-refractivity contribution in [2.75, 3.05) is 0 Å². The predicted molar refractivity (Wildman–Crippen MR) is 71.9 cm³/mol. The smallest absolute Gasteiger partial charge is 0.268 e. The van der Waals surface area contributed by atoms with E-state index in [4.69, 9.17) is 9.55 Å². The Morgan fingerprint density at radius 1 is 1.21 bits per heavy atom. The van der Waals surface area contributed by atoms with Crippen molar-refractivity contribution in [3.05, 3.63) is 0 Å². The summed E-state index contributed by atoms with van der Waals surface area (Å²) in [5.41, 5.74) is 0.737. The van der Waals surface area contributed by atoms with E-state index in [1.54, 1.807) is 0 Å². The minimum absolute atomic E-state index is 0.0755. The molecule has 0 aromatic heterocycles. The van der Waals surface area contributed by atoms with Crippen LogP contribution in [0, 0.1) is 17.2 Å². The molecule has 0 bridgehead atoms. The summed E-state index contributed by atoms with van der Waals surface area (Å²) in [4.78, 5) is 0. The second-order valence-electron chi connectivity index (χ2n) is 5.36. The molecule has 6 heteroatoms. The Kier molecular flexibility index (Phi) is 4.81. The van der Waals surface area contributed by atoms with Gasteiger partial charge in [-0.2, -0.15) is 13.7 Å². The van der Waals surface area contributed by atoms with Crippen LogP contribution in [-0.2, 0) is 14.4 Å². The van der Waals surface area contributed by atoms with E-state index in [9.17, 15) is 8.42 Å². The van der Waals surface area contributed by atoms with Crippen molar-refractivity contribution in [1.82, 2.24) is 0 Å². The molecule has 2 aliphatic rings. The molecule has 0 amide bonds. The quantitative estimate of drug-likeness (QED) is 0.743. The molecule has 106 valence electrons. The van der Waals surface area contributed by atoms with Crippen LogP contribution in [-0.4, -0.2) is 19.4 Å². The monoisotopic (exact) mass is 284 g/mol. The van der Waals surface area contributed by atoms with Crippen LogP contribution in [0.15, 0.2) is 5.16 Å². The van der Waals surface area contributed by atoms with Crippen LogP contribution in [0.3, 0.4) is 0 Å². The minimum Gasteiger partial charge on any atom is -0.268 e. The van der Waals surface area contributed by atoms with Crippen molar-refractivity contribution in [2.45, 2.75) is 63.0 Å². The van der Waals surface area contributed by atoms with E-state index in [1.165, 1.54) is 0 Å². The highest BCUT2D eigenvalue weighted by molar-refractivity contribution is 7.87. The third-order valence-electron chi connectivity index (χ3n) is 4.01. The maximum Gasteiger partial charge on any atom is 0.331 e. The highest BCUT2D eigenvalue weighted by Gasteiger charge is 2.30. The summed E-state index contributed by atoms with van der Waals surface area (Å²) in [7, 11) is -3.58. The van der Waals surface area contributed by atoms with E-state index in [0.29, 0.717) is 19.3 Å². The van der Waals surface area contributed by atoms with Gasteiger partial charge in [-0.05, 0) is 32.1 Å². The topological polar surface area (TPSA) is 79.5 Å². The maximum atomic E-state index is 12.0. The Balaban J connectivity index is 1.98. The molecule has 1 atom stereocenters. The third kappa shape index (κ3) is 3.69. The van der Waals surface area contributed by atoms with Crippen molar-refractivity contribution < 1.29 is 12.7 Å². The Morgan fingerprint density at radius 3 is 2.63 bits per heavy atom. The van der Waals surface area contributed by atoms with Crippen LogP contribution >= 0.6 is 0 Å². The van der Waals surface area contributed by atoms with Gasteiger partial charge in [-0.15, -0.1) is 0 Å². The first kappa shape index (κ1) is 14.3. The van der Waals surface area contributed by atoms with Crippen LogP contribution in [0.2, 0.25) is 0 Å². The minimum atomic E-state index is -3.58. The first-order chi connectivity index (χ1) is 9.13. The zero-order chi connectivity index (χ0) is 13.7. The van der Waals surface area contributed by atoms with E-state index >= 15 is 0 Å². The van der Waals surface area contributed by atoms with Gasteiger partial charge < -0.3 is 0 Å². The molecule has 0 N–H and O–H groups in total. The van der Waals surface area contributed by atoms with Crippen molar-refractivity contribution in [2.24, 2.45) is 11.1 Å². The lowest BCUT2D eigenvalue weighted by atomic mass is 10.0. The molecule has 0 aromatic rings. The highest BCUT2D eigenvalue weighted by Crippen LogP contribution is 2.28. The molecule has 0 aromatic carbocycles. The summed E-state index contributed by atoms with van der Waals surface area (Å²) >= 11 is 0. The molecule has 2 aliphatic carbocycles. The van der Waals surface area contributed by atoms with Gasteiger partial charge in [0.1, 0.15) is 0 Å². The number of hydrogen-bond donors (Lipinski definition) is 0. The van der Waals surface area contributed by atoms with E-state index < -0.39 is 15.4 Å². The Morgan fingerprint density at radius 2 is 1.95 bits per heavy atom. The summed E-state index contributed by atoms with van der Waals surface area (Å²) < 4.78 is 28.9. The Bertz CT molecular complexity index is 473. The Hall–Kier alpha value is -1.09. The van der Waals surface area contributed by atoms with Crippen LogP contribution in [0.25, 0.3) is 0 Å². The van der Waals surface area contributed by atoms with Gasteiger partial charge in [0.2, 0.25) is 0 Å². The maximum absolute atomic E-state index is 12.0. The van der Waals surface area contributed by atoms with Gasteiger partial charge in [-0.1, -0.05) is 24.4 Å². The van der Waals surface area contributed by atoms with Crippen LogP contribution in [0.4, 0.5) is 0 Å². The molecule has 19 heavy (non-hydrogen) atoms. The Labute approximate surface area is 114 Å². The molecule has 5 nitrogen and oxygen atoms in total. The van der Waals surface area contributed by atoms with Gasteiger partial charge in [-0.25, -0.2) is 0 Å². The van der Waals surface area contributed by atoms with E-state index in [-0.39, 0.29) is 5.92 Å². The summed E-state index contributed by atoms with van der Waals surface area (Å²) in [6, 6.07) is 2.11. The molecule has 0 radical (unpaired) electrons. The van der Waals surface area contributed by atoms with Crippen LogP contribution in [0.1, 0.15) is 57.8 Å². The molecule has 2 rings (SSSR count). The van der Waals surface area contributed by atoms with Gasteiger partial charge in [-0.3, -0.25) is 4.28 Å². The van der Waals surface area contributed by atoms with Crippen LogP contribution < -0.4 is 0 Å². The number of rotatable bonds is 4. The van der Waals surface area contributed by atoms with Crippen molar-refractivity contribution in [1.29, 1.82) is 5.26 Å². The lowest BCUT2D eigenvalue weighted by Gasteiger charge is -2.19. The summed E-state index contributed by atoms with van der Waals surface area (Å²) in [6.07, 6.45) is 7.34. The standard InChI is InChI=1S/C13H20N2O3S/c14-10-9-11-5-4-8-13(11)15-18-19(16,17)12-6-2-1-3-7-12/h11-12H,1-9H2/b15-13-. The normalized spacial score (nSPS) is 27.3.